The Morgan fingerprint density at radius 1 is 0.742 bits per heavy atom. The number of carbonyl (C=O) groups is 2. The molecule has 4 heteroatoms. The first kappa shape index (κ1) is 28.0. The zero-order chi connectivity index (χ0) is 23.1. The molecular weight excluding hydrogens is 388 g/mol. The fourth-order valence-electron chi connectivity index (χ4n) is 4.66. The van der Waals surface area contributed by atoms with Crippen molar-refractivity contribution in [1.29, 1.82) is 0 Å². The van der Waals surface area contributed by atoms with E-state index in [0.29, 0.717) is 18.8 Å². The molecule has 0 aromatic heterocycles. The molecule has 0 spiro atoms. The van der Waals surface area contributed by atoms with Crippen LogP contribution in [0.2, 0.25) is 0 Å². The molecule has 0 aliphatic heterocycles. The van der Waals surface area contributed by atoms with E-state index in [0.717, 1.165) is 44.4 Å². The Bertz CT molecular complexity index is 486. The molecular formula is C27H50O4. The maximum Gasteiger partial charge on any atom is 0.309 e. The highest BCUT2D eigenvalue weighted by Gasteiger charge is 2.33. The molecule has 0 aromatic carbocycles. The number of carboxylic acid groups (broad SMARTS) is 1. The number of esters is 1. The van der Waals surface area contributed by atoms with Crippen LogP contribution in [0, 0.1) is 23.7 Å². The van der Waals surface area contributed by atoms with Gasteiger partial charge < -0.3 is 9.84 Å². The second-order valence-corrected chi connectivity index (χ2v) is 10.7. The molecule has 4 nitrogen and oxygen atoms in total. The SMILES string of the molecule is CC(C)CCCCCCCCCCC(CCC(C)C)OC(=O)C1CCCC(C(=O)O)C1. The van der Waals surface area contributed by atoms with Gasteiger partial charge in [0.1, 0.15) is 6.10 Å². The van der Waals surface area contributed by atoms with Gasteiger partial charge in [0.2, 0.25) is 0 Å². The second-order valence-electron chi connectivity index (χ2n) is 10.7. The summed E-state index contributed by atoms with van der Waals surface area (Å²) in [4.78, 5) is 24.0. The fourth-order valence-corrected chi connectivity index (χ4v) is 4.66. The fraction of sp³-hybridized carbons (Fsp3) is 0.926. The van der Waals surface area contributed by atoms with Crippen molar-refractivity contribution in [3.05, 3.63) is 0 Å². The van der Waals surface area contributed by atoms with Crippen LogP contribution in [0.1, 0.15) is 130 Å². The highest BCUT2D eigenvalue weighted by molar-refractivity contribution is 5.75. The average Bonchev–Trinajstić information content (AvgIpc) is 2.72. The van der Waals surface area contributed by atoms with E-state index in [4.69, 9.17) is 4.74 Å². The van der Waals surface area contributed by atoms with E-state index in [1.165, 1.54) is 51.4 Å². The molecule has 3 unspecified atom stereocenters. The quantitative estimate of drug-likeness (QED) is 0.186. The lowest BCUT2D eigenvalue weighted by Crippen LogP contribution is -2.31. The number of rotatable bonds is 17. The lowest BCUT2D eigenvalue weighted by molar-refractivity contribution is -0.158. The van der Waals surface area contributed by atoms with E-state index in [-0.39, 0.29) is 23.9 Å². The number of carboxylic acids is 1. The minimum absolute atomic E-state index is 0.00358. The molecule has 0 amide bonds. The third kappa shape index (κ3) is 13.9. The number of hydrogen-bond acceptors (Lipinski definition) is 3. The summed E-state index contributed by atoms with van der Waals surface area (Å²) in [6.07, 6.45) is 17.4. The summed E-state index contributed by atoms with van der Waals surface area (Å²) in [5.74, 6) is -0.106. The van der Waals surface area contributed by atoms with E-state index < -0.39 is 5.97 Å². The van der Waals surface area contributed by atoms with Gasteiger partial charge in [0, 0.05) is 0 Å². The summed E-state index contributed by atoms with van der Waals surface area (Å²) >= 11 is 0. The van der Waals surface area contributed by atoms with E-state index in [1.54, 1.807) is 0 Å². The standard InChI is InChI=1S/C27H50O4/c1-21(2)14-11-9-7-5-6-8-10-12-17-25(19-18-22(3)4)31-27(30)24-16-13-15-23(20-24)26(28)29/h21-25H,5-20H2,1-4H3,(H,28,29). The lowest BCUT2D eigenvalue weighted by atomic mass is 9.81. The van der Waals surface area contributed by atoms with Crippen molar-refractivity contribution < 1.29 is 19.4 Å². The van der Waals surface area contributed by atoms with Gasteiger partial charge in [0.15, 0.2) is 0 Å². The van der Waals surface area contributed by atoms with Crippen LogP contribution in [-0.4, -0.2) is 23.1 Å². The molecule has 0 saturated heterocycles. The Morgan fingerprint density at radius 2 is 1.26 bits per heavy atom. The van der Waals surface area contributed by atoms with Crippen molar-refractivity contribution in [1.82, 2.24) is 0 Å². The van der Waals surface area contributed by atoms with Crippen molar-refractivity contribution >= 4 is 11.9 Å². The Morgan fingerprint density at radius 3 is 1.81 bits per heavy atom. The van der Waals surface area contributed by atoms with Crippen molar-refractivity contribution in [2.24, 2.45) is 23.7 Å². The largest absolute Gasteiger partial charge is 0.481 e. The van der Waals surface area contributed by atoms with Crippen LogP contribution in [0.5, 0.6) is 0 Å². The monoisotopic (exact) mass is 438 g/mol. The zero-order valence-electron chi connectivity index (χ0n) is 20.9. The van der Waals surface area contributed by atoms with E-state index in [9.17, 15) is 14.7 Å². The van der Waals surface area contributed by atoms with Crippen molar-refractivity contribution in [2.75, 3.05) is 0 Å². The summed E-state index contributed by atoms with van der Waals surface area (Å²) < 4.78 is 5.93. The highest BCUT2D eigenvalue weighted by Crippen LogP contribution is 2.31. The molecule has 1 aliphatic carbocycles. The maximum absolute atomic E-state index is 12.7. The van der Waals surface area contributed by atoms with Gasteiger partial charge in [-0.25, -0.2) is 0 Å². The van der Waals surface area contributed by atoms with Crippen LogP contribution >= 0.6 is 0 Å². The minimum atomic E-state index is -0.770. The van der Waals surface area contributed by atoms with Crippen molar-refractivity contribution in [2.45, 2.75) is 137 Å². The second kappa shape index (κ2) is 16.6. The van der Waals surface area contributed by atoms with Crippen LogP contribution in [-0.2, 0) is 14.3 Å². The molecule has 0 bridgehead atoms. The third-order valence-corrected chi connectivity index (χ3v) is 6.76. The maximum atomic E-state index is 12.7. The van der Waals surface area contributed by atoms with Crippen LogP contribution < -0.4 is 0 Å². The highest BCUT2D eigenvalue weighted by atomic mass is 16.5. The van der Waals surface area contributed by atoms with Crippen LogP contribution in [0.25, 0.3) is 0 Å². The van der Waals surface area contributed by atoms with Gasteiger partial charge >= 0.3 is 11.9 Å². The number of carbonyl (C=O) groups excluding carboxylic acids is 1. The Kier molecular flexibility index (Phi) is 14.9. The summed E-state index contributed by atoms with van der Waals surface area (Å²) in [6.45, 7) is 9.01. The van der Waals surface area contributed by atoms with Crippen LogP contribution in [0.4, 0.5) is 0 Å². The zero-order valence-corrected chi connectivity index (χ0v) is 20.9. The Hall–Kier alpha value is -1.06. The smallest absolute Gasteiger partial charge is 0.309 e. The average molecular weight is 439 g/mol. The van der Waals surface area contributed by atoms with Crippen LogP contribution in [0.3, 0.4) is 0 Å². The van der Waals surface area contributed by atoms with Crippen molar-refractivity contribution in [3.8, 4) is 0 Å². The lowest BCUT2D eigenvalue weighted by Gasteiger charge is -2.27. The molecule has 1 aliphatic rings. The van der Waals surface area contributed by atoms with Gasteiger partial charge in [-0.15, -0.1) is 0 Å². The predicted molar refractivity (Wildman–Crippen MR) is 128 cm³/mol. The molecule has 0 heterocycles. The predicted octanol–water partition coefficient (Wildman–Crippen LogP) is 7.78. The first-order valence-corrected chi connectivity index (χ1v) is 13.2. The van der Waals surface area contributed by atoms with Gasteiger partial charge in [0.25, 0.3) is 0 Å². The van der Waals surface area contributed by atoms with E-state index in [1.807, 2.05) is 0 Å². The molecule has 31 heavy (non-hydrogen) atoms. The minimum Gasteiger partial charge on any atom is -0.481 e. The van der Waals surface area contributed by atoms with Crippen LogP contribution in [0.15, 0.2) is 0 Å². The topological polar surface area (TPSA) is 63.6 Å². The van der Waals surface area contributed by atoms with Gasteiger partial charge in [-0.1, -0.05) is 85.5 Å². The number of hydrogen-bond donors (Lipinski definition) is 1. The molecule has 0 aromatic rings. The molecule has 1 N–H and O–H groups in total. The summed E-state index contributed by atoms with van der Waals surface area (Å²) in [7, 11) is 0. The number of ether oxygens (including phenoxy) is 1. The van der Waals surface area contributed by atoms with Gasteiger partial charge in [-0.2, -0.15) is 0 Å². The van der Waals surface area contributed by atoms with E-state index >= 15 is 0 Å². The summed E-state index contributed by atoms with van der Waals surface area (Å²) in [5.41, 5.74) is 0. The molecule has 182 valence electrons. The van der Waals surface area contributed by atoms with Gasteiger partial charge in [-0.3, -0.25) is 9.59 Å². The molecule has 1 fully saturated rings. The normalized spacial score (nSPS) is 20.2. The number of aliphatic carboxylic acids is 1. The summed E-state index contributed by atoms with van der Waals surface area (Å²) in [5, 5.41) is 9.28. The first-order chi connectivity index (χ1) is 14.8. The molecule has 1 saturated carbocycles. The third-order valence-electron chi connectivity index (χ3n) is 6.76. The first-order valence-electron chi connectivity index (χ1n) is 13.2. The molecule has 3 atom stereocenters. The molecule has 1 rings (SSSR count). The molecule has 0 radical (unpaired) electrons. The number of unbranched alkanes of at least 4 members (excludes halogenated alkanes) is 7. The van der Waals surface area contributed by atoms with E-state index in [2.05, 4.69) is 27.7 Å². The summed E-state index contributed by atoms with van der Waals surface area (Å²) in [6, 6.07) is 0. The van der Waals surface area contributed by atoms with Gasteiger partial charge in [-0.05, 0) is 56.8 Å². The Labute approximate surface area is 191 Å². The van der Waals surface area contributed by atoms with Crippen molar-refractivity contribution in [3.63, 3.8) is 0 Å². The van der Waals surface area contributed by atoms with Gasteiger partial charge in [0.05, 0.1) is 11.8 Å². The Balaban J connectivity index is 2.27.